The normalized spacial score (nSPS) is 21.7. The lowest BCUT2D eigenvalue weighted by atomic mass is 10.0. The largest absolute Gasteiger partial charge is 0.337 e. The van der Waals surface area contributed by atoms with Gasteiger partial charge in [0, 0.05) is 20.1 Å². The molecule has 0 aromatic carbocycles. The number of aryl methyl sites for hydroxylation is 1. The fourth-order valence-corrected chi connectivity index (χ4v) is 1.98. The van der Waals surface area contributed by atoms with Gasteiger partial charge in [-0.15, -0.1) is 5.10 Å². The third kappa shape index (κ3) is 2.16. The van der Waals surface area contributed by atoms with Gasteiger partial charge in [-0.2, -0.15) is 0 Å². The summed E-state index contributed by atoms with van der Waals surface area (Å²) in [4.78, 5) is 13.8. The van der Waals surface area contributed by atoms with E-state index in [0.29, 0.717) is 11.6 Å². The highest BCUT2D eigenvalue weighted by atomic mass is 16.2. The predicted molar refractivity (Wildman–Crippen MR) is 55.3 cm³/mol. The molecule has 1 aliphatic rings. The molecular weight excluding hydrogens is 192 g/mol. The fraction of sp³-hybridized carbons (Fsp3) is 0.700. The molecule has 1 aromatic rings. The molecule has 0 saturated carbocycles. The van der Waals surface area contributed by atoms with Crippen LogP contribution in [0.4, 0.5) is 0 Å². The van der Waals surface area contributed by atoms with Crippen LogP contribution in [0.5, 0.6) is 0 Å². The van der Waals surface area contributed by atoms with Gasteiger partial charge in [-0.25, -0.2) is 0 Å². The second-order valence-electron chi connectivity index (χ2n) is 4.28. The second-order valence-corrected chi connectivity index (χ2v) is 4.28. The van der Waals surface area contributed by atoms with Crippen LogP contribution >= 0.6 is 0 Å². The number of hydrogen-bond acceptors (Lipinski definition) is 3. The van der Waals surface area contributed by atoms with Gasteiger partial charge in [0.1, 0.15) is 0 Å². The van der Waals surface area contributed by atoms with Crippen molar-refractivity contribution in [3.63, 3.8) is 0 Å². The molecule has 1 unspecified atom stereocenters. The van der Waals surface area contributed by atoms with Crippen LogP contribution in [0.1, 0.15) is 30.3 Å². The van der Waals surface area contributed by atoms with E-state index < -0.39 is 0 Å². The Kier molecular flexibility index (Phi) is 2.70. The van der Waals surface area contributed by atoms with Crippen molar-refractivity contribution in [2.45, 2.75) is 19.8 Å². The van der Waals surface area contributed by atoms with Crippen LogP contribution in [0.2, 0.25) is 0 Å². The Balaban J connectivity index is 2.07. The summed E-state index contributed by atoms with van der Waals surface area (Å²) >= 11 is 0. The molecule has 2 heterocycles. The van der Waals surface area contributed by atoms with Crippen molar-refractivity contribution in [3.05, 3.63) is 11.9 Å². The molecule has 1 aromatic heterocycles. The van der Waals surface area contributed by atoms with Crippen molar-refractivity contribution >= 4 is 5.91 Å². The Morgan fingerprint density at radius 3 is 3.00 bits per heavy atom. The van der Waals surface area contributed by atoms with Crippen molar-refractivity contribution < 1.29 is 4.79 Å². The zero-order chi connectivity index (χ0) is 10.8. The number of likely N-dealkylation sites (tertiary alicyclic amines) is 1. The first-order chi connectivity index (χ1) is 7.16. The van der Waals surface area contributed by atoms with E-state index >= 15 is 0 Å². The van der Waals surface area contributed by atoms with Crippen LogP contribution < -0.4 is 0 Å². The van der Waals surface area contributed by atoms with E-state index in [-0.39, 0.29) is 5.91 Å². The van der Waals surface area contributed by atoms with Crippen molar-refractivity contribution in [2.24, 2.45) is 13.0 Å². The van der Waals surface area contributed by atoms with E-state index in [9.17, 15) is 4.79 Å². The van der Waals surface area contributed by atoms with E-state index in [1.807, 2.05) is 4.90 Å². The smallest absolute Gasteiger partial charge is 0.276 e. The molecule has 5 nitrogen and oxygen atoms in total. The molecule has 5 heteroatoms. The summed E-state index contributed by atoms with van der Waals surface area (Å²) in [5.74, 6) is 0.606. The van der Waals surface area contributed by atoms with Crippen molar-refractivity contribution in [2.75, 3.05) is 13.1 Å². The van der Waals surface area contributed by atoms with Gasteiger partial charge in [-0.05, 0) is 18.8 Å². The highest BCUT2D eigenvalue weighted by molar-refractivity contribution is 5.91. The number of rotatable bonds is 1. The van der Waals surface area contributed by atoms with Crippen LogP contribution in [-0.4, -0.2) is 38.9 Å². The van der Waals surface area contributed by atoms with Gasteiger partial charge in [0.25, 0.3) is 5.91 Å². The molecular formula is C10H16N4O. The minimum absolute atomic E-state index is 0.00894. The van der Waals surface area contributed by atoms with Crippen LogP contribution in [0.15, 0.2) is 6.20 Å². The second kappa shape index (κ2) is 4.00. The van der Waals surface area contributed by atoms with Crippen LogP contribution in [0.3, 0.4) is 0 Å². The number of amides is 1. The first-order valence-corrected chi connectivity index (χ1v) is 5.32. The van der Waals surface area contributed by atoms with E-state index in [4.69, 9.17) is 0 Å². The Labute approximate surface area is 89.1 Å². The van der Waals surface area contributed by atoms with Gasteiger partial charge in [0.05, 0.1) is 6.20 Å². The standard InChI is InChI=1S/C10H16N4O/c1-8-4-3-5-14(6-8)10(15)9-7-13(2)12-11-9/h7-8H,3-6H2,1-2H3. The zero-order valence-electron chi connectivity index (χ0n) is 9.18. The first-order valence-electron chi connectivity index (χ1n) is 5.32. The number of carbonyl (C=O) groups excluding carboxylic acids is 1. The van der Waals surface area contributed by atoms with Crippen LogP contribution in [0, 0.1) is 5.92 Å². The first kappa shape index (κ1) is 10.1. The molecule has 15 heavy (non-hydrogen) atoms. The van der Waals surface area contributed by atoms with E-state index in [1.165, 1.54) is 6.42 Å². The average molecular weight is 208 g/mol. The lowest BCUT2D eigenvalue weighted by Gasteiger charge is -2.30. The van der Waals surface area contributed by atoms with Gasteiger partial charge < -0.3 is 4.90 Å². The number of hydrogen-bond donors (Lipinski definition) is 0. The quantitative estimate of drug-likeness (QED) is 0.682. The molecule has 0 spiro atoms. The topological polar surface area (TPSA) is 51.0 Å². The fourth-order valence-electron chi connectivity index (χ4n) is 1.98. The Morgan fingerprint density at radius 2 is 2.40 bits per heavy atom. The van der Waals surface area contributed by atoms with Crippen molar-refractivity contribution in [1.82, 2.24) is 19.9 Å². The van der Waals surface area contributed by atoms with E-state index in [0.717, 1.165) is 19.5 Å². The molecule has 0 radical (unpaired) electrons. The van der Waals surface area contributed by atoms with Crippen molar-refractivity contribution in [3.8, 4) is 0 Å². The minimum atomic E-state index is 0.00894. The highest BCUT2D eigenvalue weighted by Crippen LogP contribution is 2.16. The summed E-state index contributed by atoms with van der Waals surface area (Å²) in [6, 6.07) is 0. The van der Waals surface area contributed by atoms with Gasteiger partial charge in [-0.3, -0.25) is 9.48 Å². The molecule has 0 N–H and O–H groups in total. The summed E-state index contributed by atoms with van der Waals surface area (Å²) in [5, 5.41) is 7.61. The minimum Gasteiger partial charge on any atom is -0.337 e. The summed E-state index contributed by atoms with van der Waals surface area (Å²) < 4.78 is 1.56. The zero-order valence-corrected chi connectivity index (χ0v) is 9.18. The molecule has 0 aliphatic carbocycles. The molecule has 1 atom stereocenters. The molecule has 1 amide bonds. The van der Waals surface area contributed by atoms with Gasteiger partial charge in [0.2, 0.25) is 0 Å². The number of aromatic nitrogens is 3. The predicted octanol–water partition coefficient (Wildman–Crippen LogP) is 0.687. The van der Waals surface area contributed by atoms with Crippen LogP contribution in [-0.2, 0) is 7.05 Å². The average Bonchev–Trinajstić information content (AvgIpc) is 2.64. The van der Waals surface area contributed by atoms with Gasteiger partial charge in [-0.1, -0.05) is 12.1 Å². The number of piperidine rings is 1. The van der Waals surface area contributed by atoms with E-state index in [2.05, 4.69) is 17.2 Å². The SMILES string of the molecule is CC1CCCN(C(=O)c2cn(C)nn2)C1. The van der Waals surface area contributed by atoms with Gasteiger partial charge in [0.15, 0.2) is 5.69 Å². The molecule has 2 rings (SSSR count). The molecule has 0 bridgehead atoms. The molecule has 1 fully saturated rings. The summed E-state index contributed by atoms with van der Waals surface area (Å²) in [6.45, 7) is 3.87. The maximum Gasteiger partial charge on any atom is 0.276 e. The lowest BCUT2D eigenvalue weighted by molar-refractivity contribution is 0.0677. The summed E-state index contributed by atoms with van der Waals surface area (Å²) in [5.41, 5.74) is 0.451. The Morgan fingerprint density at radius 1 is 1.60 bits per heavy atom. The summed E-state index contributed by atoms with van der Waals surface area (Å²) in [7, 11) is 1.77. The Hall–Kier alpha value is -1.39. The van der Waals surface area contributed by atoms with Gasteiger partial charge >= 0.3 is 0 Å². The molecule has 82 valence electrons. The highest BCUT2D eigenvalue weighted by Gasteiger charge is 2.23. The molecule has 1 saturated heterocycles. The third-order valence-corrected chi connectivity index (χ3v) is 2.77. The monoisotopic (exact) mass is 208 g/mol. The van der Waals surface area contributed by atoms with E-state index in [1.54, 1.807) is 17.9 Å². The van der Waals surface area contributed by atoms with Crippen molar-refractivity contribution in [1.29, 1.82) is 0 Å². The molecule has 1 aliphatic heterocycles. The summed E-state index contributed by atoms with van der Waals surface area (Å²) in [6.07, 6.45) is 3.97. The Bertz CT molecular complexity index is 360. The maximum absolute atomic E-state index is 12.0. The third-order valence-electron chi connectivity index (χ3n) is 2.77. The maximum atomic E-state index is 12.0. The number of carbonyl (C=O) groups is 1. The number of nitrogens with zero attached hydrogens (tertiary/aromatic N) is 4. The van der Waals surface area contributed by atoms with Crippen LogP contribution in [0.25, 0.3) is 0 Å². The lowest BCUT2D eigenvalue weighted by Crippen LogP contribution is -2.39.